The van der Waals surface area contributed by atoms with Gasteiger partial charge in [0.25, 0.3) is 0 Å². The number of phenolic OH excluding ortho intramolecular Hbond substituents is 1. The van der Waals surface area contributed by atoms with Gasteiger partial charge in [-0.3, -0.25) is 9.69 Å². The summed E-state index contributed by atoms with van der Waals surface area (Å²) < 4.78 is 32.4. The molecule has 13 heteroatoms. The van der Waals surface area contributed by atoms with Crippen LogP contribution in [0, 0.1) is 11.7 Å². The van der Waals surface area contributed by atoms with Crippen molar-refractivity contribution in [1.82, 2.24) is 20.5 Å². The van der Waals surface area contributed by atoms with Gasteiger partial charge in [0.05, 0.1) is 29.8 Å². The van der Waals surface area contributed by atoms with Crippen molar-refractivity contribution in [2.24, 2.45) is 5.92 Å². The van der Waals surface area contributed by atoms with Crippen molar-refractivity contribution in [2.75, 3.05) is 39.3 Å². The molecule has 3 atom stereocenters. The summed E-state index contributed by atoms with van der Waals surface area (Å²) in [6.07, 6.45) is 1.77. The lowest BCUT2D eigenvalue weighted by molar-refractivity contribution is -0.0336. The largest absolute Gasteiger partial charge is 0.506 e. The molecule has 0 radical (unpaired) electrons. The van der Waals surface area contributed by atoms with Crippen molar-refractivity contribution >= 4 is 23.0 Å². The molecule has 12 nitrogen and oxygen atoms in total. The van der Waals surface area contributed by atoms with Gasteiger partial charge >= 0.3 is 12.1 Å². The Morgan fingerprint density at radius 2 is 1.74 bits per heavy atom. The number of aromatic hydroxyl groups is 1. The molecule has 298 valence electrons. The molecular formula is C44H47FN4O8. The van der Waals surface area contributed by atoms with Gasteiger partial charge in [0.1, 0.15) is 30.0 Å². The minimum Gasteiger partial charge on any atom is -0.506 e. The number of ether oxygens (including phenoxy) is 3. The Balaban J connectivity index is 0.862. The monoisotopic (exact) mass is 778 g/mol. The zero-order valence-corrected chi connectivity index (χ0v) is 31.5. The van der Waals surface area contributed by atoms with Gasteiger partial charge in [-0.2, -0.15) is 0 Å². The lowest BCUT2D eigenvalue weighted by Crippen LogP contribution is -2.52. The minimum atomic E-state index is -0.885. The summed E-state index contributed by atoms with van der Waals surface area (Å²) in [6, 6.07) is 26.7. The number of aliphatic hydroxyl groups excluding tert-OH is 1. The second kappa shape index (κ2) is 18.5. The van der Waals surface area contributed by atoms with Crippen LogP contribution in [0.5, 0.6) is 11.5 Å². The number of hydrogen-bond donors (Lipinski definition) is 5. The summed E-state index contributed by atoms with van der Waals surface area (Å²) in [5.74, 6) is -0.639. The number of fused-ring (bicyclic) bond motifs is 4. The van der Waals surface area contributed by atoms with Crippen LogP contribution in [0.3, 0.4) is 0 Å². The van der Waals surface area contributed by atoms with Crippen LogP contribution in [-0.2, 0) is 16.1 Å². The van der Waals surface area contributed by atoms with Crippen LogP contribution in [0.15, 0.2) is 102 Å². The molecule has 0 spiro atoms. The molecule has 0 aliphatic carbocycles. The highest BCUT2D eigenvalue weighted by Crippen LogP contribution is 2.31. The second-order valence-electron chi connectivity index (χ2n) is 14.6. The number of amides is 1. The molecule has 5 aromatic rings. The number of rotatable bonds is 16. The van der Waals surface area contributed by atoms with Crippen LogP contribution in [0.25, 0.3) is 10.9 Å². The van der Waals surface area contributed by atoms with Crippen LogP contribution in [0.4, 0.5) is 9.18 Å². The van der Waals surface area contributed by atoms with Crippen LogP contribution in [-0.4, -0.2) is 77.6 Å². The molecule has 4 aromatic carbocycles. The number of pyridine rings is 1. The number of halogens is 1. The third-order valence-electron chi connectivity index (χ3n) is 10.7. The number of H-pyrrole nitrogens is 1. The Kier molecular flexibility index (Phi) is 12.8. The molecule has 3 fully saturated rings. The van der Waals surface area contributed by atoms with E-state index in [2.05, 4.69) is 20.5 Å². The Bertz CT molecular complexity index is 2230. The normalized spacial score (nSPS) is 18.5. The SMILES string of the molecule is O=C(NC(c1ccccc1)c1cccc(OCc2ccc(C(=O)OCCCCNCC(O)c3ccc(O)c4[nH]c(=O)ccc34)c(F)c2)c1)OC1CN2CCC1CC2. The van der Waals surface area contributed by atoms with Gasteiger partial charge in [-0.1, -0.05) is 54.6 Å². The summed E-state index contributed by atoms with van der Waals surface area (Å²) in [5, 5.41) is 27.5. The number of hydrogen-bond acceptors (Lipinski definition) is 10. The summed E-state index contributed by atoms with van der Waals surface area (Å²) in [6.45, 7) is 3.78. The third-order valence-corrected chi connectivity index (χ3v) is 10.7. The number of esters is 1. The maximum atomic E-state index is 15.1. The predicted molar refractivity (Wildman–Crippen MR) is 212 cm³/mol. The van der Waals surface area contributed by atoms with Crippen LogP contribution >= 0.6 is 0 Å². The molecule has 1 amide bonds. The number of carbonyl (C=O) groups is 2. The highest BCUT2D eigenvalue weighted by molar-refractivity contribution is 5.89. The van der Waals surface area contributed by atoms with Crippen molar-refractivity contribution in [1.29, 1.82) is 0 Å². The topological polar surface area (TPSA) is 162 Å². The second-order valence-corrected chi connectivity index (χ2v) is 14.6. The smallest absolute Gasteiger partial charge is 0.408 e. The van der Waals surface area contributed by atoms with Gasteiger partial charge in [-0.15, -0.1) is 0 Å². The van der Waals surface area contributed by atoms with Crippen molar-refractivity contribution in [2.45, 2.75) is 50.5 Å². The number of nitrogens with zero attached hydrogens (tertiary/aromatic N) is 1. The van der Waals surface area contributed by atoms with Gasteiger partial charge in [-0.05, 0) is 110 Å². The molecule has 3 unspecified atom stereocenters. The quantitative estimate of drug-likeness (QED) is 0.0583. The van der Waals surface area contributed by atoms with Gasteiger partial charge in [0.15, 0.2) is 0 Å². The number of alkyl carbamates (subject to hydrolysis) is 1. The van der Waals surface area contributed by atoms with Crippen molar-refractivity contribution in [3.63, 3.8) is 0 Å². The zero-order chi connectivity index (χ0) is 39.7. The fraction of sp³-hybridized carbons (Fsp3) is 0.341. The molecule has 57 heavy (non-hydrogen) atoms. The molecule has 2 bridgehead atoms. The van der Waals surface area contributed by atoms with Gasteiger partial charge in [-0.25, -0.2) is 14.0 Å². The number of carbonyl (C=O) groups excluding carboxylic acids is 2. The molecule has 3 saturated heterocycles. The number of aliphatic hydroxyl groups is 1. The molecule has 5 N–H and O–H groups in total. The van der Waals surface area contributed by atoms with E-state index in [9.17, 15) is 24.6 Å². The fourth-order valence-electron chi connectivity index (χ4n) is 7.60. The van der Waals surface area contributed by atoms with Crippen molar-refractivity contribution < 1.29 is 38.4 Å². The van der Waals surface area contributed by atoms with Gasteiger partial charge in [0, 0.05) is 24.5 Å². The molecule has 4 heterocycles. The molecule has 0 saturated carbocycles. The first-order valence-electron chi connectivity index (χ1n) is 19.4. The molecule has 3 aliphatic rings. The van der Waals surface area contributed by atoms with E-state index in [1.807, 2.05) is 48.5 Å². The van der Waals surface area contributed by atoms with Gasteiger partial charge < -0.3 is 40.0 Å². The number of unbranched alkanes of at least 4 members (excludes halogenated alkanes) is 1. The third kappa shape index (κ3) is 9.98. The summed E-state index contributed by atoms with van der Waals surface area (Å²) in [5.41, 5.74) is 2.51. The van der Waals surface area contributed by atoms with Crippen LogP contribution < -0.4 is 20.9 Å². The van der Waals surface area contributed by atoms with Crippen molar-refractivity contribution in [3.8, 4) is 11.5 Å². The van der Waals surface area contributed by atoms with E-state index in [0.29, 0.717) is 47.6 Å². The average molecular weight is 779 g/mol. The molecule has 3 aliphatic heterocycles. The summed E-state index contributed by atoms with van der Waals surface area (Å²) >= 11 is 0. The number of nitrogens with one attached hydrogen (secondary N) is 3. The lowest BCUT2D eigenvalue weighted by atomic mass is 9.86. The summed E-state index contributed by atoms with van der Waals surface area (Å²) in [7, 11) is 0. The van der Waals surface area contributed by atoms with Crippen LogP contribution in [0.1, 0.15) is 70.4 Å². The minimum absolute atomic E-state index is 0.0466. The maximum Gasteiger partial charge on any atom is 0.408 e. The molecular weight excluding hydrogens is 732 g/mol. The highest BCUT2D eigenvalue weighted by Gasteiger charge is 2.37. The number of aromatic nitrogens is 1. The molecule has 8 rings (SSSR count). The Morgan fingerprint density at radius 1 is 0.930 bits per heavy atom. The Hall–Kier alpha value is -5.76. The summed E-state index contributed by atoms with van der Waals surface area (Å²) in [4.78, 5) is 42.4. The van der Waals surface area contributed by atoms with E-state index in [1.54, 1.807) is 24.3 Å². The van der Waals surface area contributed by atoms with E-state index >= 15 is 4.39 Å². The van der Waals surface area contributed by atoms with E-state index in [0.717, 1.165) is 43.6 Å². The fourth-order valence-corrected chi connectivity index (χ4v) is 7.60. The number of phenols is 1. The first-order chi connectivity index (χ1) is 27.7. The Labute approximate surface area is 329 Å². The van der Waals surface area contributed by atoms with Crippen LogP contribution in [0.2, 0.25) is 0 Å². The van der Waals surface area contributed by atoms with E-state index in [-0.39, 0.29) is 48.3 Å². The maximum absolute atomic E-state index is 15.1. The van der Waals surface area contributed by atoms with E-state index in [1.165, 1.54) is 24.3 Å². The zero-order valence-electron chi connectivity index (χ0n) is 31.5. The first kappa shape index (κ1) is 39.5. The lowest BCUT2D eigenvalue weighted by Gasteiger charge is -2.43. The van der Waals surface area contributed by atoms with E-state index < -0.39 is 30.0 Å². The van der Waals surface area contributed by atoms with Gasteiger partial charge in [0.2, 0.25) is 5.56 Å². The standard InChI is InChI=1S/C44H47FN4O8/c45-36-23-28(11-12-35(36)43(53)55-22-5-4-19-46-25-38(51)33-13-15-37(50)42-34(33)14-16-40(52)47-42)27-56-32-10-6-9-31(24-32)41(30-7-2-1-3-8-30)48-44(54)57-39-26-49-20-17-29(39)18-21-49/h1-3,6-16,23-24,29,38-39,41,46,50-51H,4-5,17-22,25-27H2,(H,47,52)(H,48,54). The number of benzene rings is 4. The number of piperidine rings is 3. The Morgan fingerprint density at radius 3 is 2.51 bits per heavy atom. The number of aromatic amines is 1. The molecule has 1 aromatic heterocycles. The average Bonchev–Trinajstić information content (AvgIpc) is 3.22. The predicted octanol–water partition coefficient (Wildman–Crippen LogP) is 6.12. The first-order valence-corrected chi connectivity index (χ1v) is 19.4. The van der Waals surface area contributed by atoms with Crippen molar-refractivity contribution in [3.05, 3.63) is 141 Å². The highest BCUT2D eigenvalue weighted by atomic mass is 19.1. The van der Waals surface area contributed by atoms with E-state index in [4.69, 9.17) is 14.2 Å².